The number of fused-ring (bicyclic) bond motifs is 1. The summed E-state index contributed by atoms with van der Waals surface area (Å²) < 4.78 is 5.70. The molecule has 2 atom stereocenters. The lowest BCUT2D eigenvalue weighted by Gasteiger charge is -2.37. The second-order valence-corrected chi connectivity index (χ2v) is 4.88. The van der Waals surface area contributed by atoms with Gasteiger partial charge in [0.05, 0.1) is 6.42 Å². The molecular formula is C14H16O2. The molecule has 16 heavy (non-hydrogen) atoms. The Bertz CT molecular complexity index is 398. The monoisotopic (exact) mass is 216 g/mol. The summed E-state index contributed by atoms with van der Waals surface area (Å²) in [6.07, 6.45) is 5.12. The van der Waals surface area contributed by atoms with Crippen LogP contribution in [0.25, 0.3) is 0 Å². The van der Waals surface area contributed by atoms with Crippen LogP contribution in [0.2, 0.25) is 0 Å². The van der Waals surface area contributed by atoms with Gasteiger partial charge in [-0.2, -0.15) is 0 Å². The van der Waals surface area contributed by atoms with Crippen LogP contribution < -0.4 is 0 Å². The van der Waals surface area contributed by atoms with Crippen molar-refractivity contribution in [2.75, 3.05) is 0 Å². The smallest absolute Gasteiger partial charge is 0.307 e. The average molecular weight is 216 g/mol. The summed E-state index contributed by atoms with van der Waals surface area (Å²) in [5.41, 5.74) is 0.891. The van der Waals surface area contributed by atoms with Crippen LogP contribution in [0.15, 0.2) is 30.3 Å². The molecule has 0 N–H and O–H groups in total. The minimum atomic E-state index is -0.295. The molecule has 0 bridgehead atoms. The second-order valence-electron chi connectivity index (χ2n) is 4.88. The van der Waals surface area contributed by atoms with E-state index in [0.717, 1.165) is 12.8 Å². The first-order chi connectivity index (χ1) is 7.81. The van der Waals surface area contributed by atoms with E-state index >= 15 is 0 Å². The molecule has 1 aromatic rings. The normalized spacial score (nSPS) is 33.2. The zero-order valence-electron chi connectivity index (χ0n) is 9.32. The lowest BCUT2D eigenvalue weighted by Crippen LogP contribution is -2.35. The molecule has 3 rings (SSSR count). The van der Waals surface area contributed by atoms with Gasteiger partial charge in [-0.25, -0.2) is 0 Å². The van der Waals surface area contributed by atoms with Crippen molar-refractivity contribution in [3.63, 3.8) is 0 Å². The molecule has 0 amide bonds. The van der Waals surface area contributed by atoms with Crippen molar-refractivity contribution in [1.82, 2.24) is 0 Å². The molecule has 2 fully saturated rings. The Morgan fingerprint density at radius 3 is 2.81 bits per heavy atom. The maximum atomic E-state index is 11.6. The second kappa shape index (κ2) is 3.62. The van der Waals surface area contributed by atoms with Gasteiger partial charge < -0.3 is 4.74 Å². The van der Waals surface area contributed by atoms with Crippen LogP contribution in [0.5, 0.6) is 0 Å². The predicted octanol–water partition coefficient (Wildman–Crippen LogP) is 3.02. The molecule has 1 heterocycles. The molecule has 0 spiro atoms. The van der Waals surface area contributed by atoms with Crippen LogP contribution in [0.4, 0.5) is 0 Å². The van der Waals surface area contributed by atoms with E-state index in [0.29, 0.717) is 12.3 Å². The van der Waals surface area contributed by atoms with Gasteiger partial charge in [0.2, 0.25) is 0 Å². The number of carbonyl (C=O) groups is 1. The van der Waals surface area contributed by atoms with Crippen molar-refractivity contribution < 1.29 is 9.53 Å². The van der Waals surface area contributed by atoms with Crippen LogP contribution in [-0.2, 0) is 15.1 Å². The van der Waals surface area contributed by atoms with E-state index in [1.165, 1.54) is 18.4 Å². The molecule has 1 saturated heterocycles. The quantitative estimate of drug-likeness (QED) is 0.674. The molecule has 2 nitrogen and oxygen atoms in total. The van der Waals surface area contributed by atoms with E-state index in [1.54, 1.807) is 0 Å². The standard InChI is InChI=1S/C14H16O2/c15-13-10-12-8-4-5-9-14(12,16-13)11-6-2-1-3-7-11/h1-3,6-7,12H,4-5,8-10H2. The molecular weight excluding hydrogens is 200 g/mol. The Balaban J connectivity index is 2.03. The van der Waals surface area contributed by atoms with Gasteiger partial charge in [-0.05, 0) is 24.8 Å². The van der Waals surface area contributed by atoms with E-state index in [9.17, 15) is 4.79 Å². The largest absolute Gasteiger partial charge is 0.454 e. The highest BCUT2D eigenvalue weighted by atomic mass is 16.6. The third-order valence-corrected chi connectivity index (χ3v) is 3.98. The third-order valence-electron chi connectivity index (χ3n) is 3.98. The number of benzene rings is 1. The van der Waals surface area contributed by atoms with Gasteiger partial charge in [0, 0.05) is 5.92 Å². The van der Waals surface area contributed by atoms with Crippen molar-refractivity contribution in [1.29, 1.82) is 0 Å². The fourth-order valence-corrected chi connectivity index (χ4v) is 3.22. The molecule has 84 valence electrons. The van der Waals surface area contributed by atoms with Crippen molar-refractivity contribution in [3.05, 3.63) is 35.9 Å². The van der Waals surface area contributed by atoms with Crippen LogP contribution in [0.3, 0.4) is 0 Å². The minimum Gasteiger partial charge on any atom is -0.454 e. The Morgan fingerprint density at radius 2 is 2.00 bits per heavy atom. The predicted molar refractivity (Wildman–Crippen MR) is 60.8 cm³/mol. The van der Waals surface area contributed by atoms with Crippen LogP contribution in [0.1, 0.15) is 37.7 Å². The number of rotatable bonds is 1. The first-order valence-corrected chi connectivity index (χ1v) is 6.09. The highest BCUT2D eigenvalue weighted by molar-refractivity contribution is 5.73. The highest BCUT2D eigenvalue weighted by Gasteiger charge is 2.51. The van der Waals surface area contributed by atoms with E-state index < -0.39 is 0 Å². The molecule has 2 aliphatic rings. The molecule has 1 aliphatic heterocycles. The number of hydrogen-bond acceptors (Lipinski definition) is 2. The van der Waals surface area contributed by atoms with Gasteiger partial charge in [0.15, 0.2) is 0 Å². The van der Waals surface area contributed by atoms with Gasteiger partial charge >= 0.3 is 5.97 Å². The lowest BCUT2D eigenvalue weighted by molar-refractivity contribution is -0.152. The number of hydrogen-bond donors (Lipinski definition) is 0. The summed E-state index contributed by atoms with van der Waals surface area (Å²) in [4.78, 5) is 11.6. The Kier molecular flexibility index (Phi) is 2.23. The summed E-state index contributed by atoms with van der Waals surface area (Å²) in [7, 11) is 0. The summed E-state index contributed by atoms with van der Waals surface area (Å²) in [5, 5.41) is 0. The molecule has 1 saturated carbocycles. The first-order valence-electron chi connectivity index (χ1n) is 6.09. The molecule has 0 aromatic heterocycles. The van der Waals surface area contributed by atoms with Gasteiger partial charge in [-0.15, -0.1) is 0 Å². The van der Waals surface area contributed by atoms with Gasteiger partial charge in [0.25, 0.3) is 0 Å². The van der Waals surface area contributed by atoms with E-state index in [1.807, 2.05) is 18.2 Å². The molecule has 2 heteroatoms. The SMILES string of the molecule is O=C1CC2CCCCC2(c2ccccc2)O1. The minimum absolute atomic E-state index is 0.0178. The maximum Gasteiger partial charge on any atom is 0.307 e. The van der Waals surface area contributed by atoms with Crippen molar-refractivity contribution in [2.24, 2.45) is 5.92 Å². The molecule has 1 aliphatic carbocycles. The Labute approximate surface area is 95.6 Å². The fourth-order valence-electron chi connectivity index (χ4n) is 3.22. The lowest BCUT2D eigenvalue weighted by atomic mass is 9.72. The summed E-state index contributed by atoms with van der Waals surface area (Å²) in [6.45, 7) is 0. The van der Waals surface area contributed by atoms with E-state index in [4.69, 9.17) is 4.74 Å². The highest BCUT2D eigenvalue weighted by Crippen LogP contribution is 2.50. The molecule has 2 unspecified atom stereocenters. The first kappa shape index (κ1) is 9.88. The van der Waals surface area contributed by atoms with E-state index in [-0.39, 0.29) is 11.6 Å². The number of carbonyl (C=O) groups excluding carboxylic acids is 1. The van der Waals surface area contributed by atoms with Crippen molar-refractivity contribution in [2.45, 2.75) is 37.7 Å². The number of ether oxygens (including phenoxy) is 1. The fraction of sp³-hybridized carbons (Fsp3) is 0.500. The summed E-state index contributed by atoms with van der Waals surface area (Å²) in [5.74, 6) is 0.381. The van der Waals surface area contributed by atoms with Crippen LogP contribution in [0, 0.1) is 5.92 Å². The van der Waals surface area contributed by atoms with Crippen molar-refractivity contribution in [3.8, 4) is 0 Å². The van der Waals surface area contributed by atoms with Gasteiger partial charge in [-0.3, -0.25) is 4.79 Å². The van der Waals surface area contributed by atoms with Crippen LogP contribution >= 0.6 is 0 Å². The Morgan fingerprint density at radius 1 is 1.19 bits per heavy atom. The topological polar surface area (TPSA) is 26.3 Å². The van der Waals surface area contributed by atoms with E-state index in [2.05, 4.69) is 12.1 Å². The van der Waals surface area contributed by atoms with Gasteiger partial charge in [-0.1, -0.05) is 36.8 Å². The molecule has 0 radical (unpaired) electrons. The summed E-state index contributed by atoms with van der Waals surface area (Å²) >= 11 is 0. The molecule has 1 aromatic carbocycles. The number of esters is 1. The van der Waals surface area contributed by atoms with Crippen molar-refractivity contribution >= 4 is 5.97 Å². The van der Waals surface area contributed by atoms with Gasteiger partial charge in [0.1, 0.15) is 5.60 Å². The Hall–Kier alpha value is -1.31. The zero-order chi connectivity index (χ0) is 11.0. The average Bonchev–Trinajstić information content (AvgIpc) is 2.67. The summed E-state index contributed by atoms with van der Waals surface area (Å²) in [6, 6.07) is 10.3. The van der Waals surface area contributed by atoms with Crippen LogP contribution in [-0.4, -0.2) is 5.97 Å². The zero-order valence-corrected chi connectivity index (χ0v) is 9.32. The maximum absolute atomic E-state index is 11.6. The third kappa shape index (κ3) is 1.36.